The van der Waals surface area contributed by atoms with Crippen molar-refractivity contribution in [2.24, 2.45) is 5.41 Å². The summed E-state index contributed by atoms with van der Waals surface area (Å²) in [6.45, 7) is 6.14. The summed E-state index contributed by atoms with van der Waals surface area (Å²) in [5, 5.41) is 2.83. The van der Waals surface area contributed by atoms with E-state index in [0.717, 1.165) is 32.4 Å². The van der Waals surface area contributed by atoms with Crippen LogP contribution in [0.25, 0.3) is 0 Å². The molecule has 5 heteroatoms. The second-order valence-electron chi connectivity index (χ2n) is 5.93. The fourth-order valence-electron chi connectivity index (χ4n) is 2.41. The Labute approximate surface area is 122 Å². The lowest BCUT2D eigenvalue weighted by Gasteiger charge is -2.30. The van der Waals surface area contributed by atoms with E-state index in [4.69, 9.17) is 4.74 Å². The number of likely N-dealkylation sites (tertiary alicyclic amines) is 1. The normalized spacial score (nSPS) is 16.6. The van der Waals surface area contributed by atoms with Crippen LogP contribution in [0, 0.1) is 5.41 Å². The molecule has 0 saturated carbocycles. The molecule has 0 spiro atoms. The van der Waals surface area contributed by atoms with Crippen LogP contribution < -0.4 is 5.32 Å². The molecule has 1 saturated heterocycles. The van der Waals surface area contributed by atoms with Gasteiger partial charge in [-0.15, -0.1) is 0 Å². The van der Waals surface area contributed by atoms with Crippen LogP contribution in [0.3, 0.4) is 0 Å². The highest BCUT2D eigenvalue weighted by molar-refractivity contribution is 6.04. The largest absolute Gasteiger partial charge is 0.385 e. The molecule has 1 aliphatic rings. The van der Waals surface area contributed by atoms with Crippen LogP contribution >= 0.6 is 0 Å². The Morgan fingerprint density at radius 2 is 1.75 bits per heavy atom. The fraction of sp³-hybridized carbons (Fsp3) is 0.867. The first-order valence-corrected chi connectivity index (χ1v) is 7.56. The molecule has 116 valence electrons. The van der Waals surface area contributed by atoms with Gasteiger partial charge in [0.1, 0.15) is 5.41 Å². The molecule has 0 aromatic heterocycles. The Morgan fingerprint density at radius 3 is 2.30 bits per heavy atom. The van der Waals surface area contributed by atoms with Crippen molar-refractivity contribution in [3.8, 4) is 0 Å². The predicted molar refractivity (Wildman–Crippen MR) is 78.3 cm³/mol. The van der Waals surface area contributed by atoms with Crippen molar-refractivity contribution in [3.05, 3.63) is 0 Å². The van der Waals surface area contributed by atoms with Gasteiger partial charge in [-0.3, -0.25) is 9.59 Å². The van der Waals surface area contributed by atoms with E-state index in [1.54, 1.807) is 21.0 Å². The molecule has 1 aliphatic heterocycles. The van der Waals surface area contributed by atoms with E-state index in [1.165, 1.54) is 12.8 Å². The highest BCUT2D eigenvalue weighted by Crippen LogP contribution is 2.22. The van der Waals surface area contributed by atoms with Gasteiger partial charge in [0.05, 0.1) is 0 Å². The van der Waals surface area contributed by atoms with E-state index in [-0.39, 0.29) is 11.8 Å². The van der Waals surface area contributed by atoms with Crippen molar-refractivity contribution in [3.63, 3.8) is 0 Å². The van der Waals surface area contributed by atoms with Crippen LogP contribution in [0.1, 0.15) is 46.0 Å². The van der Waals surface area contributed by atoms with Gasteiger partial charge in [-0.25, -0.2) is 0 Å². The van der Waals surface area contributed by atoms with Crippen molar-refractivity contribution in [1.82, 2.24) is 10.2 Å². The summed E-state index contributed by atoms with van der Waals surface area (Å²) in [7, 11) is 1.63. The topological polar surface area (TPSA) is 58.6 Å². The van der Waals surface area contributed by atoms with Crippen LogP contribution in [0.15, 0.2) is 0 Å². The van der Waals surface area contributed by atoms with Crippen molar-refractivity contribution in [1.29, 1.82) is 0 Å². The van der Waals surface area contributed by atoms with E-state index < -0.39 is 5.41 Å². The molecule has 0 aromatic rings. The Hall–Kier alpha value is -1.10. The van der Waals surface area contributed by atoms with Crippen LogP contribution in [0.4, 0.5) is 0 Å². The van der Waals surface area contributed by atoms with E-state index in [1.807, 2.05) is 4.90 Å². The minimum absolute atomic E-state index is 0.0522. The van der Waals surface area contributed by atoms with Crippen LogP contribution in [-0.2, 0) is 14.3 Å². The first kappa shape index (κ1) is 17.0. The molecule has 1 N–H and O–H groups in total. The zero-order chi connectivity index (χ0) is 15.0. The summed E-state index contributed by atoms with van der Waals surface area (Å²) in [6, 6.07) is 0. The maximum Gasteiger partial charge on any atom is 0.237 e. The van der Waals surface area contributed by atoms with Gasteiger partial charge in [0.2, 0.25) is 11.8 Å². The highest BCUT2D eigenvalue weighted by atomic mass is 16.5. The van der Waals surface area contributed by atoms with Gasteiger partial charge in [-0.2, -0.15) is 0 Å². The Morgan fingerprint density at radius 1 is 1.15 bits per heavy atom. The third kappa shape index (κ3) is 4.78. The smallest absolute Gasteiger partial charge is 0.237 e. The fourth-order valence-corrected chi connectivity index (χ4v) is 2.41. The number of methoxy groups -OCH3 is 1. The van der Waals surface area contributed by atoms with Crippen molar-refractivity contribution < 1.29 is 14.3 Å². The highest BCUT2D eigenvalue weighted by Gasteiger charge is 2.38. The van der Waals surface area contributed by atoms with E-state index >= 15 is 0 Å². The number of nitrogens with one attached hydrogen (secondary N) is 1. The lowest BCUT2D eigenvalue weighted by Crippen LogP contribution is -2.50. The van der Waals surface area contributed by atoms with Gasteiger partial charge < -0.3 is 15.0 Å². The monoisotopic (exact) mass is 284 g/mol. The zero-order valence-electron chi connectivity index (χ0n) is 13.0. The number of hydrogen-bond acceptors (Lipinski definition) is 3. The second-order valence-corrected chi connectivity index (χ2v) is 5.93. The minimum Gasteiger partial charge on any atom is -0.385 e. The van der Waals surface area contributed by atoms with Crippen molar-refractivity contribution in [2.75, 3.05) is 33.4 Å². The molecule has 0 unspecified atom stereocenters. The summed E-state index contributed by atoms with van der Waals surface area (Å²) < 4.78 is 4.94. The van der Waals surface area contributed by atoms with Gasteiger partial charge >= 0.3 is 0 Å². The lowest BCUT2D eigenvalue weighted by atomic mass is 9.90. The van der Waals surface area contributed by atoms with Gasteiger partial charge in [0, 0.05) is 33.4 Å². The molecular formula is C15H28N2O3. The lowest BCUT2D eigenvalue weighted by molar-refractivity contribution is -0.148. The van der Waals surface area contributed by atoms with Gasteiger partial charge in [0.25, 0.3) is 0 Å². The molecular weight excluding hydrogens is 256 g/mol. The molecule has 0 aromatic carbocycles. The average Bonchev–Trinajstić information content (AvgIpc) is 2.71. The summed E-state index contributed by atoms with van der Waals surface area (Å²) in [6.07, 6.45) is 5.19. The van der Waals surface area contributed by atoms with E-state index in [0.29, 0.717) is 13.2 Å². The number of ether oxygens (including phenoxy) is 1. The van der Waals surface area contributed by atoms with E-state index in [9.17, 15) is 9.59 Å². The van der Waals surface area contributed by atoms with Crippen LogP contribution in [0.5, 0.6) is 0 Å². The maximum absolute atomic E-state index is 12.5. The van der Waals surface area contributed by atoms with Crippen molar-refractivity contribution >= 4 is 11.8 Å². The minimum atomic E-state index is -0.989. The first-order valence-electron chi connectivity index (χ1n) is 7.56. The number of amides is 2. The van der Waals surface area contributed by atoms with Gasteiger partial charge in [-0.05, 0) is 33.1 Å². The number of carbonyl (C=O) groups is 2. The summed E-state index contributed by atoms with van der Waals surface area (Å²) in [4.78, 5) is 26.6. The SMILES string of the molecule is COCCCNC(=O)C(C)(C)C(=O)N1CCCCCC1. The first-order chi connectivity index (χ1) is 9.50. The van der Waals surface area contributed by atoms with Crippen molar-refractivity contribution in [2.45, 2.75) is 46.0 Å². The average molecular weight is 284 g/mol. The number of rotatable bonds is 6. The number of hydrogen-bond donors (Lipinski definition) is 1. The molecule has 1 fully saturated rings. The second kappa shape index (κ2) is 8.25. The molecule has 0 bridgehead atoms. The molecule has 0 atom stereocenters. The Kier molecular flexibility index (Phi) is 6.99. The summed E-state index contributed by atoms with van der Waals surface area (Å²) in [5.74, 6) is -0.244. The standard InChI is InChI=1S/C15H28N2O3/c1-15(2,13(18)16-9-8-12-20-3)14(19)17-10-6-4-5-7-11-17/h4-12H2,1-3H3,(H,16,18). The summed E-state index contributed by atoms with van der Waals surface area (Å²) in [5.41, 5.74) is -0.989. The third-order valence-corrected chi connectivity index (χ3v) is 3.81. The maximum atomic E-state index is 12.5. The van der Waals surface area contributed by atoms with Crippen LogP contribution in [0.2, 0.25) is 0 Å². The van der Waals surface area contributed by atoms with E-state index in [2.05, 4.69) is 5.32 Å². The molecule has 20 heavy (non-hydrogen) atoms. The number of carbonyl (C=O) groups excluding carboxylic acids is 2. The molecule has 5 nitrogen and oxygen atoms in total. The zero-order valence-corrected chi connectivity index (χ0v) is 13.0. The Bertz CT molecular complexity index is 321. The molecule has 2 amide bonds. The molecule has 1 heterocycles. The third-order valence-electron chi connectivity index (χ3n) is 3.81. The Balaban J connectivity index is 2.51. The molecule has 0 radical (unpaired) electrons. The van der Waals surface area contributed by atoms with Crippen LogP contribution in [-0.4, -0.2) is 50.1 Å². The molecule has 0 aliphatic carbocycles. The molecule has 1 rings (SSSR count). The van der Waals surface area contributed by atoms with Gasteiger partial charge in [0.15, 0.2) is 0 Å². The quantitative estimate of drug-likeness (QED) is 0.595. The predicted octanol–water partition coefficient (Wildman–Crippen LogP) is 1.57. The number of nitrogens with zero attached hydrogens (tertiary/aromatic N) is 1. The summed E-state index contributed by atoms with van der Waals surface area (Å²) >= 11 is 0. The van der Waals surface area contributed by atoms with Gasteiger partial charge in [-0.1, -0.05) is 12.8 Å².